The SMILES string of the molecule is COc1ccc(S(=O)(=O)N(Cc2nccn2Cc2cccc(F)c2)C2CC2)cc1. The van der Waals surface area contributed by atoms with Crippen molar-refractivity contribution in [2.45, 2.75) is 36.9 Å². The molecule has 29 heavy (non-hydrogen) atoms. The molecule has 152 valence electrons. The van der Waals surface area contributed by atoms with Crippen LogP contribution in [0.3, 0.4) is 0 Å². The maximum absolute atomic E-state index is 13.5. The van der Waals surface area contributed by atoms with Gasteiger partial charge < -0.3 is 9.30 Å². The topological polar surface area (TPSA) is 64.4 Å². The monoisotopic (exact) mass is 415 g/mol. The van der Waals surface area contributed by atoms with Crippen molar-refractivity contribution in [2.24, 2.45) is 0 Å². The molecule has 1 fully saturated rings. The zero-order valence-corrected chi connectivity index (χ0v) is 16.8. The van der Waals surface area contributed by atoms with Gasteiger partial charge in [0, 0.05) is 25.0 Å². The summed E-state index contributed by atoms with van der Waals surface area (Å²) in [5, 5.41) is 0. The molecule has 6 nitrogen and oxygen atoms in total. The minimum atomic E-state index is -3.67. The molecule has 0 saturated heterocycles. The number of nitrogens with zero attached hydrogens (tertiary/aromatic N) is 3. The number of benzene rings is 2. The summed E-state index contributed by atoms with van der Waals surface area (Å²) in [6.45, 7) is 0.593. The molecule has 0 bridgehead atoms. The predicted molar refractivity (Wildman–Crippen MR) is 106 cm³/mol. The largest absolute Gasteiger partial charge is 0.497 e. The van der Waals surface area contributed by atoms with E-state index in [0.29, 0.717) is 18.1 Å². The molecule has 0 atom stereocenters. The third kappa shape index (κ3) is 4.33. The first-order valence-electron chi connectivity index (χ1n) is 9.38. The molecular weight excluding hydrogens is 393 g/mol. The minimum Gasteiger partial charge on any atom is -0.497 e. The second-order valence-electron chi connectivity index (χ2n) is 7.06. The Balaban J connectivity index is 1.59. The van der Waals surface area contributed by atoms with Crippen LogP contribution in [-0.2, 0) is 23.1 Å². The zero-order valence-electron chi connectivity index (χ0n) is 16.0. The molecule has 1 heterocycles. The first-order valence-corrected chi connectivity index (χ1v) is 10.8. The van der Waals surface area contributed by atoms with Gasteiger partial charge in [0.05, 0.1) is 18.6 Å². The second kappa shape index (κ2) is 7.96. The molecule has 3 aromatic rings. The summed E-state index contributed by atoms with van der Waals surface area (Å²) in [7, 11) is -2.13. The Kier molecular flexibility index (Phi) is 5.38. The quantitative estimate of drug-likeness (QED) is 0.565. The fourth-order valence-electron chi connectivity index (χ4n) is 3.26. The smallest absolute Gasteiger partial charge is 0.243 e. The number of ether oxygens (including phenoxy) is 1. The Morgan fingerprint density at radius 2 is 1.97 bits per heavy atom. The second-order valence-corrected chi connectivity index (χ2v) is 8.95. The molecule has 1 aromatic heterocycles. The van der Waals surface area contributed by atoms with Crippen molar-refractivity contribution in [1.29, 1.82) is 0 Å². The summed E-state index contributed by atoms with van der Waals surface area (Å²) < 4.78 is 48.5. The molecular formula is C21H22FN3O3S. The molecule has 4 rings (SSSR count). The Labute approximate surface area is 169 Å². The molecule has 0 aliphatic heterocycles. The van der Waals surface area contributed by atoms with Gasteiger partial charge in [-0.15, -0.1) is 0 Å². The molecule has 1 aliphatic rings. The van der Waals surface area contributed by atoms with Gasteiger partial charge in [0.2, 0.25) is 10.0 Å². The number of sulfonamides is 1. The Morgan fingerprint density at radius 1 is 1.21 bits per heavy atom. The van der Waals surface area contributed by atoms with Crippen LogP contribution in [0.25, 0.3) is 0 Å². The molecule has 1 saturated carbocycles. The van der Waals surface area contributed by atoms with Gasteiger partial charge in [0.1, 0.15) is 17.4 Å². The van der Waals surface area contributed by atoms with Crippen molar-refractivity contribution < 1.29 is 17.5 Å². The Bertz CT molecular complexity index is 1090. The Morgan fingerprint density at radius 3 is 2.62 bits per heavy atom. The normalized spacial score (nSPS) is 14.3. The third-order valence-electron chi connectivity index (χ3n) is 4.96. The minimum absolute atomic E-state index is 0.0265. The van der Waals surface area contributed by atoms with Crippen LogP contribution < -0.4 is 4.74 Å². The summed E-state index contributed by atoms with van der Waals surface area (Å²) in [5.74, 6) is 0.927. The van der Waals surface area contributed by atoms with Crippen LogP contribution in [0.4, 0.5) is 4.39 Å². The van der Waals surface area contributed by atoms with E-state index in [4.69, 9.17) is 4.74 Å². The summed E-state index contributed by atoms with van der Waals surface area (Å²) in [6.07, 6.45) is 5.09. The maximum atomic E-state index is 13.5. The van der Waals surface area contributed by atoms with Gasteiger partial charge >= 0.3 is 0 Å². The highest BCUT2D eigenvalue weighted by molar-refractivity contribution is 7.89. The van der Waals surface area contributed by atoms with Crippen molar-refractivity contribution in [1.82, 2.24) is 13.9 Å². The number of imidazole rings is 1. The molecule has 0 amide bonds. The lowest BCUT2D eigenvalue weighted by atomic mass is 10.2. The average Bonchev–Trinajstić information content (AvgIpc) is 3.46. The van der Waals surface area contributed by atoms with E-state index in [-0.39, 0.29) is 23.3 Å². The average molecular weight is 415 g/mol. The standard InChI is InChI=1S/C21H22FN3O3S/c1-28-19-7-9-20(10-8-19)29(26,27)25(18-5-6-18)15-21-23-11-12-24(21)14-16-3-2-4-17(22)13-16/h2-4,7-13,18H,5-6,14-15H2,1H3. The van der Waals surface area contributed by atoms with Crippen LogP contribution in [0.1, 0.15) is 24.2 Å². The first kappa shape index (κ1) is 19.6. The van der Waals surface area contributed by atoms with E-state index in [1.165, 1.54) is 16.4 Å². The van der Waals surface area contributed by atoms with Gasteiger partial charge in [0.25, 0.3) is 0 Å². The van der Waals surface area contributed by atoms with Gasteiger partial charge in [-0.1, -0.05) is 12.1 Å². The van der Waals surface area contributed by atoms with Crippen LogP contribution >= 0.6 is 0 Å². The first-order chi connectivity index (χ1) is 14.0. The van der Waals surface area contributed by atoms with Crippen LogP contribution in [0.15, 0.2) is 65.8 Å². The van der Waals surface area contributed by atoms with E-state index in [2.05, 4.69) is 4.98 Å². The number of hydrogen-bond acceptors (Lipinski definition) is 4. The summed E-state index contributed by atoms with van der Waals surface area (Å²) in [6, 6.07) is 12.7. The van der Waals surface area contributed by atoms with Crippen molar-refractivity contribution in [3.05, 3.63) is 78.1 Å². The van der Waals surface area contributed by atoms with Gasteiger partial charge in [-0.3, -0.25) is 0 Å². The lowest BCUT2D eigenvalue weighted by molar-refractivity contribution is 0.383. The lowest BCUT2D eigenvalue weighted by Gasteiger charge is -2.22. The number of aromatic nitrogens is 2. The lowest BCUT2D eigenvalue weighted by Crippen LogP contribution is -2.33. The molecule has 0 radical (unpaired) electrons. The van der Waals surface area contributed by atoms with Crippen molar-refractivity contribution >= 4 is 10.0 Å². The summed E-state index contributed by atoms with van der Waals surface area (Å²) in [4.78, 5) is 4.59. The van der Waals surface area contributed by atoms with Gasteiger partial charge in [-0.2, -0.15) is 4.31 Å². The number of hydrogen-bond donors (Lipinski definition) is 0. The predicted octanol–water partition coefficient (Wildman–Crippen LogP) is 3.43. The highest BCUT2D eigenvalue weighted by Crippen LogP contribution is 2.33. The summed E-state index contributed by atoms with van der Waals surface area (Å²) in [5.41, 5.74) is 0.792. The fourth-order valence-corrected chi connectivity index (χ4v) is 4.90. The van der Waals surface area contributed by atoms with Crippen LogP contribution in [0.2, 0.25) is 0 Å². The van der Waals surface area contributed by atoms with Gasteiger partial charge in [0.15, 0.2) is 0 Å². The van der Waals surface area contributed by atoms with Crippen LogP contribution in [-0.4, -0.2) is 35.4 Å². The number of methoxy groups -OCH3 is 1. The van der Waals surface area contributed by atoms with E-state index in [1.807, 2.05) is 10.6 Å². The van der Waals surface area contributed by atoms with E-state index < -0.39 is 10.0 Å². The molecule has 0 spiro atoms. The van der Waals surface area contributed by atoms with Crippen molar-refractivity contribution in [3.63, 3.8) is 0 Å². The molecule has 0 N–H and O–H groups in total. The highest BCUT2D eigenvalue weighted by Gasteiger charge is 2.38. The van der Waals surface area contributed by atoms with Gasteiger partial charge in [-0.25, -0.2) is 17.8 Å². The number of halogens is 1. The van der Waals surface area contributed by atoms with Crippen LogP contribution in [0.5, 0.6) is 5.75 Å². The van der Waals surface area contributed by atoms with Crippen LogP contribution in [0, 0.1) is 5.82 Å². The van der Waals surface area contributed by atoms with Crippen molar-refractivity contribution in [3.8, 4) is 5.75 Å². The van der Waals surface area contributed by atoms with Gasteiger partial charge in [-0.05, 0) is 54.8 Å². The van der Waals surface area contributed by atoms with E-state index >= 15 is 0 Å². The third-order valence-corrected chi connectivity index (χ3v) is 6.87. The molecule has 0 unspecified atom stereocenters. The molecule has 8 heteroatoms. The molecule has 2 aromatic carbocycles. The van der Waals surface area contributed by atoms with E-state index in [1.54, 1.807) is 49.8 Å². The highest BCUT2D eigenvalue weighted by atomic mass is 32.2. The zero-order chi connectivity index (χ0) is 20.4. The molecule has 1 aliphatic carbocycles. The Hall–Kier alpha value is -2.71. The maximum Gasteiger partial charge on any atom is 0.243 e. The number of rotatable bonds is 8. The van der Waals surface area contributed by atoms with E-state index in [9.17, 15) is 12.8 Å². The summed E-state index contributed by atoms with van der Waals surface area (Å²) >= 11 is 0. The van der Waals surface area contributed by atoms with Crippen molar-refractivity contribution in [2.75, 3.05) is 7.11 Å². The fraction of sp³-hybridized carbons (Fsp3) is 0.286. The van der Waals surface area contributed by atoms with E-state index in [0.717, 1.165) is 18.4 Å².